The Hall–Kier alpha value is -2.09. The molecule has 0 unspecified atom stereocenters. The van der Waals surface area contributed by atoms with Gasteiger partial charge in [0, 0.05) is 36.9 Å². The number of amides is 2. The molecule has 2 amide bonds. The summed E-state index contributed by atoms with van der Waals surface area (Å²) in [6.45, 7) is 2.25. The Labute approximate surface area is 164 Å². The maximum atomic E-state index is 12.0. The lowest BCUT2D eigenvalue weighted by molar-refractivity contribution is 0.251. The summed E-state index contributed by atoms with van der Waals surface area (Å²) in [4.78, 5) is 14.1. The Morgan fingerprint density at radius 2 is 1.56 bits per heavy atom. The van der Waals surface area contributed by atoms with Gasteiger partial charge in [-0.2, -0.15) is 0 Å². The molecule has 6 nitrogen and oxygen atoms in total. The highest BCUT2D eigenvalue weighted by molar-refractivity contribution is 7.91. The number of anilines is 1. The van der Waals surface area contributed by atoms with Crippen molar-refractivity contribution in [1.29, 1.82) is 0 Å². The van der Waals surface area contributed by atoms with Crippen molar-refractivity contribution in [2.24, 2.45) is 0 Å². The van der Waals surface area contributed by atoms with E-state index in [0.717, 1.165) is 11.1 Å². The summed E-state index contributed by atoms with van der Waals surface area (Å²) in [5.41, 5.74) is 2.75. The molecule has 1 saturated heterocycles. The lowest BCUT2D eigenvalue weighted by Gasteiger charge is -2.26. The molecule has 0 aliphatic carbocycles. The van der Waals surface area contributed by atoms with Crippen molar-refractivity contribution in [2.45, 2.75) is 13.1 Å². The normalized spacial score (nSPS) is 16.6. The molecule has 144 valence electrons. The molecule has 3 rings (SSSR count). The van der Waals surface area contributed by atoms with Crippen LogP contribution in [0.2, 0.25) is 5.02 Å². The van der Waals surface area contributed by atoms with Crippen molar-refractivity contribution in [3.05, 3.63) is 64.7 Å². The Kier molecular flexibility index (Phi) is 6.36. The summed E-state index contributed by atoms with van der Waals surface area (Å²) in [6, 6.07) is 14.6. The summed E-state index contributed by atoms with van der Waals surface area (Å²) in [5.74, 6) is 0.445. The van der Waals surface area contributed by atoms with Crippen LogP contribution in [0.1, 0.15) is 11.1 Å². The van der Waals surface area contributed by atoms with Gasteiger partial charge in [-0.05, 0) is 35.4 Å². The molecule has 27 heavy (non-hydrogen) atoms. The topological polar surface area (TPSA) is 78.5 Å². The van der Waals surface area contributed by atoms with Crippen molar-refractivity contribution in [3.63, 3.8) is 0 Å². The highest BCUT2D eigenvalue weighted by Gasteiger charge is 2.21. The van der Waals surface area contributed by atoms with Gasteiger partial charge in [0.25, 0.3) is 0 Å². The van der Waals surface area contributed by atoms with Crippen molar-refractivity contribution >= 4 is 33.2 Å². The van der Waals surface area contributed by atoms with Gasteiger partial charge in [-0.25, -0.2) is 13.2 Å². The number of carbonyl (C=O) groups excluding carboxylic acids is 1. The van der Waals surface area contributed by atoms with E-state index in [1.54, 1.807) is 12.1 Å². The van der Waals surface area contributed by atoms with Crippen molar-refractivity contribution in [3.8, 4) is 0 Å². The van der Waals surface area contributed by atoms with E-state index < -0.39 is 9.84 Å². The van der Waals surface area contributed by atoms with Crippen LogP contribution in [-0.2, 0) is 22.9 Å². The van der Waals surface area contributed by atoms with Gasteiger partial charge in [-0.15, -0.1) is 0 Å². The summed E-state index contributed by atoms with van der Waals surface area (Å²) in [7, 11) is -2.86. The van der Waals surface area contributed by atoms with Crippen LogP contribution < -0.4 is 10.6 Å². The minimum absolute atomic E-state index is 0.223. The molecule has 2 aromatic carbocycles. The maximum absolute atomic E-state index is 12.0. The molecule has 0 spiro atoms. The monoisotopic (exact) mass is 407 g/mol. The quantitative estimate of drug-likeness (QED) is 0.798. The smallest absolute Gasteiger partial charge is 0.319 e. The Bertz CT molecular complexity index is 869. The number of benzene rings is 2. The number of nitrogens with one attached hydrogen (secondary N) is 2. The van der Waals surface area contributed by atoms with Gasteiger partial charge in [-0.3, -0.25) is 4.90 Å². The highest BCUT2D eigenvalue weighted by atomic mass is 35.5. The zero-order valence-corrected chi connectivity index (χ0v) is 16.4. The van der Waals surface area contributed by atoms with E-state index in [2.05, 4.69) is 15.5 Å². The molecule has 0 saturated carbocycles. The number of halogens is 1. The van der Waals surface area contributed by atoms with E-state index in [1.807, 2.05) is 36.4 Å². The zero-order valence-electron chi connectivity index (χ0n) is 14.8. The fourth-order valence-electron chi connectivity index (χ4n) is 2.82. The third-order valence-electron chi connectivity index (χ3n) is 4.42. The van der Waals surface area contributed by atoms with Gasteiger partial charge in [0.1, 0.15) is 0 Å². The summed E-state index contributed by atoms with van der Waals surface area (Å²) < 4.78 is 23.0. The zero-order chi connectivity index (χ0) is 19.3. The Morgan fingerprint density at radius 1 is 0.963 bits per heavy atom. The second-order valence-corrected chi connectivity index (χ2v) is 9.30. The number of urea groups is 1. The molecule has 0 radical (unpaired) electrons. The molecule has 1 fully saturated rings. The van der Waals surface area contributed by atoms with Crippen LogP contribution in [-0.4, -0.2) is 43.9 Å². The number of hydrogen-bond acceptors (Lipinski definition) is 4. The number of hydrogen-bond donors (Lipinski definition) is 2. The number of rotatable bonds is 5. The first-order valence-electron chi connectivity index (χ1n) is 8.71. The SMILES string of the molecule is O=C(NCc1ccc(Cl)cc1)Nc1ccc(CN2CCS(=O)(=O)CC2)cc1. The molecule has 1 heterocycles. The average Bonchev–Trinajstić information content (AvgIpc) is 2.65. The predicted molar refractivity (Wildman–Crippen MR) is 108 cm³/mol. The van der Waals surface area contributed by atoms with Gasteiger partial charge in [0.05, 0.1) is 11.5 Å². The van der Waals surface area contributed by atoms with Crippen LogP contribution in [0.15, 0.2) is 48.5 Å². The van der Waals surface area contributed by atoms with Crippen LogP contribution in [0.4, 0.5) is 10.5 Å². The minimum atomic E-state index is -2.86. The second-order valence-electron chi connectivity index (χ2n) is 6.56. The van der Waals surface area contributed by atoms with Gasteiger partial charge in [-0.1, -0.05) is 35.9 Å². The third kappa shape index (κ3) is 6.23. The lowest BCUT2D eigenvalue weighted by atomic mass is 10.2. The average molecular weight is 408 g/mol. The van der Waals surface area contributed by atoms with Crippen LogP contribution >= 0.6 is 11.6 Å². The van der Waals surface area contributed by atoms with Gasteiger partial charge >= 0.3 is 6.03 Å². The third-order valence-corrected chi connectivity index (χ3v) is 6.28. The Morgan fingerprint density at radius 3 is 2.19 bits per heavy atom. The predicted octanol–water partition coefficient (Wildman–Crippen LogP) is 2.89. The van der Waals surface area contributed by atoms with E-state index in [9.17, 15) is 13.2 Å². The molecule has 1 aliphatic heterocycles. The number of carbonyl (C=O) groups is 1. The van der Waals surface area contributed by atoms with E-state index in [-0.39, 0.29) is 17.5 Å². The standard InChI is InChI=1S/C19H22ClN3O3S/c20-17-5-1-15(2-6-17)13-21-19(24)22-18-7-3-16(4-8-18)14-23-9-11-27(25,26)12-10-23/h1-8H,9-14H2,(H2,21,22,24). The van der Waals surface area contributed by atoms with Crippen molar-refractivity contribution < 1.29 is 13.2 Å². The second kappa shape index (κ2) is 8.73. The first-order chi connectivity index (χ1) is 12.9. The molecule has 0 aromatic heterocycles. The van der Waals surface area contributed by atoms with Crippen molar-refractivity contribution in [1.82, 2.24) is 10.2 Å². The fraction of sp³-hybridized carbons (Fsp3) is 0.316. The van der Waals surface area contributed by atoms with E-state index >= 15 is 0 Å². The molecule has 0 atom stereocenters. The molecule has 0 bridgehead atoms. The van der Waals surface area contributed by atoms with Crippen LogP contribution in [0.5, 0.6) is 0 Å². The first-order valence-corrected chi connectivity index (χ1v) is 10.9. The molecule has 8 heteroatoms. The van der Waals surface area contributed by atoms with Crippen LogP contribution in [0, 0.1) is 0 Å². The lowest BCUT2D eigenvalue weighted by Crippen LogP contribution is -2.39. The summed E-state index contributed by atoms with van der Waals surface area (Å²) in [6.07, 6.45) is 0. The van der Waals surface area contributed by atoms with Crippen LogP contribution in [0.3, 0.4) is 0 Å². The maximum Gasteiger partial charge on any atom is 0.319 e. The molecule has 2 aromatic rings. The van der Waals surface area contributed by atoms with E-state index in [4.69, 9.17) is 11.6 Å². The minimum Gasteiger partial charge on any atom is -0.334 e. The fourth-order valence-corrected chi connectivity index (χ4v) is 4.22. The highest BCUT2D eigenvalue weighted by Crippen LogP contribution is 2.14. The van der Waals surface area contributed by atoms with E-state index in [0.29, 0.717) is 36.9 Å². The van der Waals surface area contributed by atoms with Gasteiger partial charge in [0.15, 0.2) is 9.84 Å². The van der Waals surface area contributed by atoms with E-state index in [1.165, 1.54) is 0 Å². The molecular weight excluding hydrogens is 386 g/mol. The van der Waals surface area contributed by atoms with Crippen molar-refractivity contribution in [2.75, 3.05) is 29.9 Å². The van der Waals surface area contributed by atoms with Crippen LogP contribution in [0.25, 0.3) is 0 Å². The summed E-state index contributed by atoms with van der Waals surface area (Å²) in [5, 5.41) is 6.25. The van der Waals surface area contributed by atoms with Gasteiger partial charge in [0.2, 0.25) is 0 Å². The van der Waals surface area contributed by atoms with Gasteiger partial charge < -0.3 is 10.6 Å². The first kappa shape index (κ1) is 19.7. The molecular formula is C19H22ClN3O3S. The number of nitrogens with zero attached hydrogens (tertiary/aromatic N) is 1. The Balaban J connectivity index is 1.45. The molecule has 1 aliphatic rings. The molecule has 2 N–H and O–H groups in total. The number of sulfone groups is 1. The largest absolute Gasteiger partial charge is 0.334 e. The summed E-state index contributed by atoms with van der Waals surface area (Å²) >= 11 is 5.84.